The van der Waals surface area contributed by atoms with E-state index in [4.69, 9.17) is 4.42 Å². The zero-order chi connectivity index (χ0) is 24.1. The molecular weight excluding hydrogens is 402 g/mol. The number of hydrogen-bond acceptors (Lipinski definition) is 4. The van der Waals surface area contributed by atoms with E-state index in [0.717, 1.165) is 37.9 Å². The Hall–Kier alpha value is -1.82. The van der Waals surface area contributed by atoms with Crippen LogP contribution < -0.4 is 16.0 Å². The van der Waals surface area contributed by atoms with Crippen molar-refractivity contribution in [3.8, 4) is 0 Å². The third kappa shape index (κ3) is 7.95. The highest BCUT2D eigenvalue weighted by Crippen LogP contribution is 2.30. The van der Waals surface area contributed by atoms with Crippen LogP contribution in [-0.4, -0.2) is 36.0 Å². The van der Waals surface area contributed by atoms with E-state index in [1.807, 2.05) is 20.8 Å². The second-order valence-corrected chi connectivity index (χ2v) is 11.5. The number of nitrogens with one attached hydrogen (secondary N) is 3. The first-order chi connectivity index (χ1) is 14.8. The summed E-state index contributed by atoms with van der Waals surface area (Å²) in [4.78, 5) is 25.3. The number of unbranched alkanes of at least 4 members (excludes halogenated alkanes) is 1. The lowest BCUT2D eigenvalue weighted by molar-refractivity contribution is -0.121. The largest absolute Gasteiger partial charge is 0.465 e. The summed E-state index contributed by atoms with van der Waals surface area (Å²) >= 11 is 0. The van der Waals surface area contributed by atoms with Crippen molar-refractivity contribution in [1.82, 2.24) is 16.0 Å². The fourth-order valence-corrected chi connectivity index (χ4v) is 4.57. The molecule has 0 saturated heterocycles. The third-order valence-electron chi connectivity index (χ3n) is 6.21. The maximum Gasteiger partial charge on any atom is 0.255 e. The minimum atomic E-state index is -0.266. The Labute approximate surface area is 194 Å². The number of furan rings is 1. The van der Waals surface area contributed by atoms with Crippen LogP contribution in [0.1, 0.15) is 109 Å². The molecular formula is C26H45N3O3. The van der Waals surface area contributed by atoms with Gasteiger partial charge in [0.15, 0.2) is 0 Å². The van der Waals surface area contributed by atoms with Gasteiger partial charge < -0.3 is 20.4 Å². The molecule has 1 heterocycles. The average molecular weight is 448 g/mol. The molecule has 182 valence electrons. The van der Waals surface area contributed by atoms with E-state index in [1.165, 1.54) is 6.42 Å². The van der Waals surface area contributed by atoms with Crippen LogP contribution >= 0.6 is 0 Å². The number of carbonyl (C=O) groups is 2. The lowest BCUT2D eigenvalue weighted by Gasteiger charge is -2.40. The van der Waals surface area contributed by atoms with E-state index >= 15 is 0 Å². The molecule has 1 aromatic rings. The molecule has 1 aliphatic rings. The Morgan fingerprint density at radius 1 is 1.12 bits per heavy atom. The van der Waals surface area contributed by atoms with Crippen molar-refractivity contribution in [2.24, 2.45) is 5.92 Å². The normalized spacial score (nSPS) is 21.9. The molecule has 3 N–H and O–H groups in total. The van der Waals surface area contributed by atoms with Gasteiger partial charge in [0.1, 0.15) is 11.5 Å². The molecule has 0 aliphatic heterocycles. The van der Waals surface area contributed by atoms with Crippen molar-refractivity contribution in [1.29, 1.82) is 0 Å². The summed E-state index contributed by atoms with van der Waals surface area (Å²) < 4.78 is 5.76. The van der Waals surface area contributed by atoms with E-state index in [-0.39, 0.29) is 35.4 Å². The Balaban J connectivity index is 1.92. The molecule has 6 heteroatoms. The fourth-order valence-electron chi connectivity index (χ4n) is 4.57. The van der Waals surface area contributed by atoms with Gasteiger partial charge in [-0.3, -0.25) is 9.59 Å². The van der Waals surface area contributed by atoms with Crippen LogP contribution in [0.25, 0.3) is 0 Å². The predicted octanol–water partition coefficient (Wildman–Crippen LogP) is 4.85. The van der Waals surface area contributed by atoms with Crippen LogP contribution in [0.5, 0.6) is 0 Å². The van der Waals surface area contributed by atoms with Crippen molar-refractivity contribution in [3.63, 3.8) is 0 Å². The molecule has 0 radical (unpaired) electrons. The zero-order valence-electron chi connectivity index (χ0n) is 21.5. The van der Waals surface area contributed by atoms with E-state index in [2.05, 4.69) is 43.6 Å². The summed E-state index contributed by atoms with van der Waals surface area (Å²) in [6.45, 7) is 16.7. The molecule has 2 amide bonds. The Morgan fingerprint density at radius 2 is 1.81 bits per heavy atom. The van der Waals surface area contributed by atoms with Crippen molar-refractivity contribution >= 4 is 11.8 Å². The SMILES string of the molecule is CCCC[C@@H]1C[C@H](NC(C)(C)C)CC[C@@H]1NC(=O)CNC(=O)c1cc(C(C)(C)C)oc1C. The standard InChI is InChI=1S/C26H45N3O3/c1-9-10-11-18-14-19(29-26(6,7)8)12-13-21(18)28-23(30)16-27-24(31)20-15-22(25(3,4)5)32-17(20)2/h15,18-19,21,29H,9-14,16H2,1-8H3,(H,27,31)(H,28,30)/t18-,19-,21+/m1/s1. The highest BCUT2D eigenvalue weighted by molar-refractivity contribution is 5.97. The Bertz CT molecular complexity index is 770. The summed E-state index contributed by atoms with van der Waals surface area (Å²) in [7, 11) is 0. The van der Waals surface area contributed by atoms with Gasteiger partial charge in [0.05, 0.1) is 12.1 Å². The van der Waals surface area contributed by atoms with E-state index in [9.17, 15) is 9.59 Å². The Morgan fingerprint density at radius 3 is 2.38 bits per heavy atom. The minimum absolute atomic E-state index is 0.0189. The monoisotopic (exact) mass is 447 g/mol. The summed E-state index contributed by atoms with van der Waals surface area (Å²) in [6.07, 6.45) is 6.56. The lowest BCUT2D eigenvalue weighted by Crippen LogP contribution is -2.52. The van der Waals surface area contributed by atoms with E-state index in [0.29, 0.717) is 23.3 Å². The first-order valence-electron chi connectivity index (χ1n) is 12.3. The smallest absolute Gasteiger partial charge is 0.255 e. The van der Waals surface area contributed by atoms with Gasteiger partial charge in [-0.05, 0) is 65.4 Å². The van der Waals surface area contributed by atoms with Gasteiger partial charge in [-0.25, -0.2) is 0 Å². The maximum atomic E-state index is 12.7. The molecule has 6 nitrogen and oxygen atoms in total. The molecule has 1 aliphatic carbocycles. The van der Waals surface area contributed by atoms with E-state index < -0.39 is 0 Å². The molecule has 1 saturated carbocycles. The van der Waals surface area contributed by atoms with Gasteiger partial charge in [-0.15, -0.1) is 0 Å². The van der Waals surface area contributed by atoms with Crippen LogP contribution in [0.4, 0.5) is 0 Å². The van der Waals surface area contributed by atoms with Crippen LogP contribution in [0.3, 0.4) is 0 Å². The number of aryl methyl sites for hydroxylation is 1. The summed E-state index contributed by atoms with van der Waals surface area (Å²) in [5.41, 5.74) is 0.421. The quantitative estimate of drug-likeness (QED) is 0.532. The molecule has 0 unspecified atom stereocenters. The van der Waals surface area contributed by atoms with Crippen LogP contribution in [0.15, 0.2) is 10.5 Å². The van der Waals surface area contributed by atoms with Gasteiger partial charge in [0.2, 0.25) is 5.91 Å². The average Bonchev–Trinajstić information content (AvgIpc) is 3.07. The highest BCUT2D eigenvalue weighted by Gasteiger charge is 2.32. The summed E-state index contributed by atoms with van der Waals surface area (Å²) in [6, 6.07) is 2.45. The number of carbonyl (C=O) groups excluding carboxylic acids is 2. The van der Waals surface area contributed by atoms with Crippen LogP contribution in [0, 0.1) is 12.8 Å². The molecule has 1 fully saturated rings. The molecule has 0 bridgehead atoms. The summed E-state index contributed by atoms with van der Waals surface area (Å²) in [5, 5.41) is 9.71. The first-order valence-corrected chi connectivity index (χ1v) is 12.3. The lowest BCUT2D eigenvalue weighted by atomic mass is 9.78. The molecule has 3 atom stereocenters. The topological polar surface area (TPSA) is 83.4 Å². The third-order valence-corrected chi connectivity index (χ3v) is 6.21. The zero-order valence-corrected chi connectivity index (χ0v) is 21.5. The number of rotatable bonds is 8. The van der Waals surface area contributed by atoms with Gasteiger partial charge in [0.25, 0.3) is 5.91 Å². The molecule has 2 rings (SSSR count). The molecule has 0 aromatic carbocycles. The Kier molecular flexibility index (Phi) is 8.98. The number of hydrogen-bond donors (Lipinski definition) is 3. The van der Waals surface area contributed by atoms with Crippen molar-refractivity contribution in [2.45, 2.75) is 117 Å². The fraction of sp³-hybridized carbons (Fsp3) is 0.769. The molecule has 32 heavy (non-hydrogen) atoms. The second-order valence-electron chi connectivity index (χ2n) is 11.5. The minimum Gasteiger partial charge on any atom is -0.465 e. The van der Waals surface area contributed by atoms with Gasteiger partial charge >= 0.3 is 0 Å². The predicted molar refractivity (Wildman–Crippen MR) is 130 cm³/mol. The summed E-state index contributed by atoms with van der Waals surface area (Å²) in [5.74, 6) is 1.43. The molecule has 0 spiro atoms. The van der Waals surface area contributed by atoms with Crippen molar-refractivity contribution in [2.75, 3.05) is 6.54 Å². The van der Waals surface area contributed by atoms with Crippen molar-refractivity contribution < 1.29 is 14.0 Å². The van der Waals surface area contributed by atoms with Crippen molar-refractivity contribution in [3.05, 3.63) is 23.2 Å². The first kappa shape index (κ1) is 26.4. The van der Waals surface area contributed by atoms with Gasteiger partial charge in [0, 0.05) is 23.0 Å². The maximum absolute atomic E-state index is 12.7. The van der Waals surface area contributed by atoms with E-state index in [1.54, 1.807) is 13.0 Å². The van der Waals surface area contributed by atoms with Crippen LogP contribution in [-0.2, 0) is 10.2 Å². The second kappa shape index (κ2) is 10.9. The van der Waals surface area contributed by atoms with Gasteiger partial charge in [-0.2, -0.15) is 0 Å². The van der Waals surface area contributed by atoms with Crippen LogP contribution in [0.2, 0.25) is 0 Å². The number of amides is 2. The highest BCUT2D eigenvalue weighted by atomic mass is 16.3. The van der Waals surface area contributed by atoms with Gasteiger partial charge in [-0.1, -0.05) is 40.5 Å². The molecule has 1 aromatic heterocycles.